The van der Waals surface area contributed by atoms with E-state index in [0.717, 1.165) is 11.1 Å². The molecule has 3 heteroatoms. The molecular weight excluding hydrogens is 156 g/mol. The molecule has 0 aliphatic heterocycles. The van der Waals surface area contributed by atoms with Crippen LogP contribution in [0.5, 0.6) is 11.5 Å². The summed E-state index contributed by atoms with van der Waals surface area (Å²) in [4.78, 5) is 0. The minimum Gasteiger partial charge on any atom is -0.504 e. The van der Waals surface area contributed by atoms with E-state index in [4.69, 9.17) is 9.84 Å². The maximum Gasteiger partial charge on any atom is 0.160 e. The fraction of sp³-hybridized carbons (Fsp3) is 0.333. The van der Waals surface area contributed by atoms with E-state index in [1.807, 2.05) is 6.92 Å². The van der Waals surface area contributed by atoms with E-state index < -0.39 is 0 Å². The number of benzene rings is 1. The zero-order valence-corrected chi connectivity index (χ0v) is 7.16. The number of rotatable bonds is 2. The topological polar surface area (TPSA) is 49.7 Å². The lowest BCUT2D eigenvalue weighted by atomic mass is 10.1. The Balaban J connectivity index is 3.18. The van der Waals surface area contributed by atoms with Crippen molar-refractivity contribution in [3.8, 4) is 11.5 Å². The molecule has 1 rings (SSSR count). The summed E-state index contributed by atoms with van der Waals surface area (Å²) in [5.74, 6) is 0.497. The molecule has 1 aromatic carbocycles. The van der Waals surface area contributed by atoms with E-state index in [0.29, 0.717) is 5.75 Å². The van der Waals surface area contributed by atoms with Crippen LogP contribution in [0.3, 0.4) is 0 Å². The fourth-order valence-corrected chi connectivity index (χ4v) is 1.05. The van der Waals surface area contributed by atoms with Crippen LogP contribution in [0, 0.1) is 6.92 Å². The number of hydrogen-bond donors (Lipinski definition) is 2. The summed E-state index contributed by atoms with van der Waals surface area (Å²) in [6.07, 6.45) is 0. The van der Waals surface area contributed by atoms with Crippen molar-refractivity contribution in [2.24, 2.45) is 0 Å². The van der Waals surface area contributed by atoms with Gasteiger partial charge in [-0.2, -0.15) is 0 Å². The molecule has 2 N–H and O–H groups in total. The molecule has 1 aromatic rings. The number of aromatic hydroxyl groups is 1. The molecule has 0 fully saturated rings. The van der Waals surface area contributed by atoms with Gasteiger partial charge in [0.05, 0.1) is 13.7 Å². The van der Waals surface area contributed by atoms with Crippen LogP contribution in [0.4, 0.5) is 0 Å². The Morgan fingerprint density at radius 2 is 2.08 bits per heavy atom. The standard InChI is InChI=1S/C9H12O3/c1-6-3-8(11)9(12-2)4-7(6)5-10/h3-4,10-11H,5H2,1-2H3. The first-order valence-electron chi connectivity index (χ1n) is 3.66. The summed E-state index contributed by atoms with van der Waals surface area (Å²) < 4.78 is 4.88. The predicted molar refractivity (Wildman–Crippen MR) is 45.3 cm³/mol. The minimum atomic E-state index is -0.0392. The normalized spacial score (nSPS) is 9.92. The number of phenolic OH excluding ortho intramolecular Hbond substituents is 1. The highest BCUT2D eigenvalue weighted by atomic mass is 16.5. The Bertz CT molecular complexity index is 256. The third-order valence-corrected chi connectivity index (χ3v) is 1.81. The lowest BCUT2D eigenvalue weighted by molar-refractivity contribution is 0.279. The molecule has 66 valence electrons. The van der Waals surface area contributed by atoms with Crippen molar-refractivity contribution in [1.29, 1.82) is 0 Å². The molecule has 0 saturated heterocycles. The molecule has 0 radical (unpaired) electrons. The maximum absolute atomic E-state index is 9.30. The molecular formula is C9H12O3. The number of ether oxygens (including phenoxy) is 1. The Kier molecular flexibility index (Phi) is 2.55. The Hall–Kier alpha value is -1.22. The van der Waals surface area contributed by atoms with Crippen LogP contribution >= 0.6 is 0 Å². The Morgan fingerprint density at radius 1 is 1.42 bits per heavy atom. The quantitative estimate of drug-likeness (QED) is 0.697. The third kappa shape index (κ3) is 1.51. The van der Waals surface area contributed by atoms with Crippen LogP contribution in [-0.4, -0.2) is 17.3 Å². The molecule has 0 atom stereocenters. The Morgan fingerprint density at radius 3 is 2.58 bits per heavy atom. The average molecular weight is 168 g/mol. The molecule has 0 bridgehead atoms. The van der Waals surface area contributed by atoms with Crippen LogP contribution < -0.4 is 4.74 Å². The van der Waals surface area contributed by atoms with E-state index >= 15 is 0 Å². The molecule has 3 nitrogen and oxygen atoms in total. The number of aryl methyl sites for hydroxylation is 1. The molecule has 0 spiro atoms. The van der Waals surface area contributed by atoms with Gasteiger partial charge in [-0.25, -0.2) is 0 Å². The fourth-order valence-electron chi connectivity index (χ4n) is 1.05. The van der Waals surface area contributed by atoms with Gasteiger partial charge in [-0.3, -0.25) is 0 Å². The molecule has 0 aliphatic carbocycles. The first kappa shape index (κ1) is 8.87. The third-order valence-electron chi connectivity index (χ3n) is 1.81. The number of methoxy groups -OCH3 is 1. The summed E-state index contributed by atoms with van der Waals surface area (Å²) in [7, 11) is 1.48. The first-order chi connectivity index (χ1) is 5.69. The zero-order valence-electron chi connectivity index (χ0n) is 7.16. The van der Waals surface area contributed by atoms with Crippen LogP contribution in [0.1, 0.15) is 11.1 Å². The van der Waals surface area contributed by atoms with E-state index in [9.17, 15) is 5.11 Å². The van der Waals surface area contributed by atoms with E-state index in [2.05, 4.69) is 0 Å². The van der Waals surface area contributed by atoms with Crippen LogP contribution in [0.15, 0.2) is 12.1 Å². The smallest absolute Gasteiger partial charge is 0.160 e. The van der Waals surface area contributed by atoms with Crippen molar-refractivity contribution >= 4 is 0 Å². The summed E-state index contributed by atoms with van der Waals surface area (Å²) in [6, 6.07) is 3.20. The number of phenols is 1. The monoisotopic (exact) mass is 168 g/mol. The van der Waals surface area contributed by atoms with E-state index in [1.54, 1.807) is 12.1 Å². The van der Waals surface area contributed by atoms with E-state index in [-0.39, 0.29) is 12.4 Å². The lowest BCUT2D eigenvalue weighted by Gasteiger charge is -2.07. The SMILES string of the molecule is COc1cc(CO)c(C)cc1O. The zero-order chi connectivity index (χ0) is 9.14. The summed E-state index contributed by atoms with van der Waals surface area (Å²) >= 11 is 0. The second-order valence-electron chi connectivity index (χ2n) is 2.61. The molecule has 0 saturated carbocycles. The van der Waals surface area contributed by atoms with Gasteiger partial charge in [-0.15, -0.1) is 0 Å². The van der Waals surface area contributed by atoms with Crippen LogP contribution in [0.25, 0.3) is 0 Å². The van der Waals surface area contributed by atoms with Crippen LogP contribution in [-0.2, 0) is 6.61 Å². The predicted octanol–water partition coefficient (Wildman–Crippen LogP) is 1.20. The van der Waals surface area contributed by atoms with Gasteiger partial charge in [-0.05, 0) is 30.2 Å². The van der Waals surface area contributed by atoms with Gasteiger partial charge in [0.2, 0.25) is 0 Å². The Labute approximate surface area is 71.2 Å². The first-order valence-corrected chi connectivity index (χ1v) is 3.66. The van der Waals surface area contributed by atoms with Gasteiger partial charge in [0, 0.05) is 0 Å². The summed E-state index contributed by atoms with van der Waals surface area (Å²) in [5.41, 5.74) is 1.63. The molecule has 0 aliphatic rings. The van der Waals surface area contributed by atoms with Gasteiger partial charge in [0.25, 0.3) is 0 Å². The van der Waals surface area contributed by atoms with Gasteiger partial charge in [0.1, 0.15) is 0 Å². The lowest BCUT2D eigenvalue weighted by Crippen LogP contribution is -1.91. The molecule has 12 heavy (non-hydrogen) atoms. The molecule has 0 amide bonds. The van der Waals surface area contributed by atoms with E-state index in [1.165, 1.54) is 7.11 Å². The van der Waals surface area contributed by atoms with Crippen LogP contribution in [0.2, 0.25) is 0 Å². The number of aliphatic hydroxyl groups excluding tert-OH is 1. The summed E-state index contributed by atoms with van der Waals surface area (Å²) in [5, 5.41) is 18.2. The highest BCUT2D eigenvalue weighted by Gasteiger charge is 2.05. The van der Waals surface area contributed by atoms with Gasteiger partial charge < -0.3 is 14.9 Å². The van der Waals surface area contributed by atoms with Gasteiger partial charge in [0.15, 0.2) is 11.5 Å². The highest BCUT2D eigenvalue weighted by Crippen LogP contribution is 2.28. The van der Waals surface area contributed by atoms with Crippen molar-refractivity contribution in [2.45, 2.75) is 13.5 Å². The van der Waals surface area contributed by atoms with Crippen molar-refractivity contribution in [3.05, 3.63) is 23.3 Å². The van der Waals surface area contributed by atoms with Crippen molar-refractivity contribution < 1.29 is 14.9 Å². The molecule has 0 aromatic heterocycles. The molecule has 0 unspecified atom stereocenters. The average Bonchev–Trinajstić information content (AvgIpc) is 2.05. The highest BCUT2D eigenvalue weighted by molar-refractivity contribution is 5.45. The summed E-state index contributed by atoms with van der Waals surface area (Å²) in [6.45, 7) is 1.78. The van der Waals surface area contributed by atoms with Gasteiger partial charge >= 0.3 is 0 Å². The minimum absolute atomic E-state index is 0.0392. The van der Waals surface area contributed by atoms with Crippen molar-refractivity contribution in [1.82, 2.24) is 0 Å². The largest absolute Gasteiger partial charge is 0.504 e. The molecule has 0 heterocycles. The second-order valence-corrected chi connectivity index (χ2v) is 2.61. The number of aliphatic hydroxyl groups is 1. The second kappa shape index (κ2) is 3.45. The van der Waals surface area contributed by atoms with Gasteiger partial charge in [-0.1, -0.05) is 0 Å². The van der Waals surface area contributed by atoms with Crippen molar-refractivity contribution in [2.75, 3.05) is 7.11 Å². The maximum atomic E-state index is 9.30. The van der Waals surface area contributed by atoms with Crippen molar-refractivity contribution in [3.63, 3.8) is 0 Å². The number of hydrogen-bond acceptors (Lipinski definition) is 3.